The van der Waals surface area contributed by atoms with Gasteiger partial charge in [0.2, 0.25) is 0 Å². The molecule has 1 aromatic heterocycles. The van der Waals surface area contributed by atoms with Gasteiger partial charge < -0.3 is 10.4 Å². The number of hydrogen-bond acceptors (Lipinski definition) is 3. The highest BCUT2D eigenvalue weighted by Gasteiger charge is 2.19. The lowest BCUT2D eigenvalue weighted by Crippen LogP contribution is -2.46. The van der Waals surface area contributed by atoms with Crippen molar-refractivity contribution in [3.05, 3.63) is 24.4 Å². The summed E-state index contributed by atoms with van der Waals surface area (Å²) < 4.78 is 0. The Balaban J connectivity index is 2.48. The number of hydrogen-bond donors (Lipinski definition) is 3. The standard InChI is InChI=1S/C11H17N3O2/c1-11(2,6-8-15)14-10(16)13-9-5-3-4-7-12-9/h3-5,7,15H,6,8H2,1-2H3,(H2,12,13,14,16). The van der Waals surface area contributed by atoms with Crippen LogP contribution in [0.5, 0.6) is 0 Å². The summed E-state index contributed by atoms with van der Waals surface area (Å²) in [5.41, 5.74) is -0.437. The molecule has 5 heteroatoms. The monoisotopic (exact) mass is 223 g/mol. The second kappa shape index (κ2) is 5.46. The number of anilines is 1. The van der Waals surface area contributed by atoms with Crippen molar-refractivity contribution in [1.29, 1.82) is 0 Å². The summed E-state index contributed by atoms with van der Waals surface area (Å²) in [6.07, 6.45) is 2.11. The molecule has 0 fully saturated rings. The smallest absolute Gasteiger partial charge is 0.320 e. The number of nitrogens with one attached hydrogen (secondary N) is 2. The molecule has 1 aromatic rings. The van der Waals surface area contributed by atoms with Crippen molar-refractivity contribution in [3.63, 3.8) is 0 Å². The van der Waals surface area contributed by atoms with Crippen molar-refractivity contribution in [2.45, 2.75) is 25.8 Å². The molecule has 0 aliphatic rings. The van der Waals surface area contributed by atoms with Crippen LogP contribution in [0, 0.1) is 0 Å². The molecule has 0 spiro atoms. The van der Waals surface area contributed by atoms with Crippen LogP contribution < -0.4 is 10.6 Å². The van der Waals surface area contributed by atoms with E-state index in [9.17, 15) is 4.79 Å². The van der Waals surface area contributed by atoms with Gasteiger partial charge >= 0.3 is 6.03 Å². The van der Waals surface area contributed by atoms with E-state index < -0.39 is 5.54 Å². The minimum absolute atomic E-state index is 0.0386. The lowest BCUT2D eigenvalue weighted by atomic mass is 10.0. The summed E-state index contributed by atoms with van der Waals surface area (Å²) in [5.74, 6) is 0.500. The largest absolute Gasteiger partial charge is 0.396 e. The first kappa shape index (κ1) is 12.4. The Morgan fingerprint density at radius 3 is 2.81 bits per heavy atom. The molecule has 2 amide bonds. The highest BCUT2D eigenvalue weighted by atomic mass is 16.3. The average molecular weight is 223 g/mol. The van der Waals surface area contributed by atoms with Crippen LogP contribution >= 0.6 is 0 Å². The van der Waals surface area contributed by atoms with Crippen LogP contribution in [-0.4, -0.2) is 28.3 Å². The number of aliphatic hydroxyl groups is 1. The number of nitrogens with zero attached hydrogens (tertiary/aromatic N) is 1. The van der Waals surface area contributed by atoms with E-state index in [4.69, 9.17) is 5.11 Å². The summed E-state index contributed by atoms with van der Waals surface area (Å²) in [7, 11) is 0. The molecule has 0 atom stereocenters. The fourth-order valence-electron chi connectivity index (χ4n) is 1.23. The van der Waals surface area contributed by atoms with Gasteiger partial charge in [-0.3, -0.25) is 5.32 Å². The Labute approximate surface area is 94.9 Å². The number of amides is 2. The number of rotatable bonds is 4. The van der Waals surface area contributed by atoms with Gasteiger partial charge in [0.25, 0.3) is 0 Å². The average Bonchev–Trinajstić information content (AvgIpc) is 2.17. The fourth-order valence-corrected chi connectivity index (χ4v) is 1.23. The lowest BCUT2D eigenvalue weighted by Gasteiger charge is -2.25. The third kappa shape index (κ3) is 4.27. The van der Waals surface area contributed by atoms with Crippen molar-refractivity contribution in [1.82, 2.24) is 10.3 Å². The van der Waals surface area contributed by atoms with Crippen molar-refractivity contribution >= 4 is 11.8 Å². The molecule has 0 aliphatic carbocycles. The summed E-state index contributed by atoms with van der Waals surface area (Å²) in [4.78, 5) is 15.5. The predicted octanol–water partition coefficient (Wildman–Crippen LogP) is 1.36. The maximum atomic E-state index is 11.6. The Bertz CT molecular complexity index is 338. The van der Waals surface area contributed by atoms with E-state index in [1.54, 1.807) is 24.4 Å². The summed E-state index contributed by atoms with van der Waals surface area (Å²) >= 11 is 0. The summed E-state index contributed by atoms with van der Waals surface area (Å²) in [6.45, 7) is 3.74. The van der Waals surface area contributed by atoms with Crippen LogP contribution in [0.25, 0.3) is 0 Å². The number of carbonyl (C=O) groups excluding carboxylic acids is 1. The number of aliphatic hydroxyl groups excluding tert-OH is 1. The topological polar surface area (TPSA) is 74.2 Å². The first-order valence-electron chi connectivity index (χ1n) is 5.14. The highest BCUT2D eigenvalue weighted by Crippen LogP contribution is 2.08. The zero-order valence-corrected chi connectivity index (χ0v) is 9.53. The molecule has 0 bridgehead atoms. The van der Waals surface area contributed by atoms with Gasteiger partial charge in [-0.2, -0.15) is 0 Å². The van der Waals surface area contributed by atoms with Gasteiger partial charge in [-0.25, -0.2) is 9.78 Å². The first-order chi connectivity index (χ1) is 7.53. The zero-order chi connectivity index (χ0) is 12.0. The molecule has 88 valence electrons. The quantitative estimate of drug-likeness (QED) is 0.721. The minimum atomic E-state index is -0.437. The van der Waals surface area contributed by atoms with Crippen molar-refractivity contribution in [2.75, 3.05) is 11.9 Å². The van der Waals surface area contributed by atoms with Gasteiger partial charge in [-0.1, -0.05) is 6.07 Å². The lowest BCUT2D eigenvalue weighted by molar-refractivity contribution is 0.218. The Morgan fingerprint density at radius 2 is 2.25 bits per heavy atom. The molecule has 0 radical (unpaired) electrons. The predicted molar refractivity (Wildman–Crippen MR) is 62.2 cm³/mol. The molecule has 0 aliphatic heterocycles. The molecular weight excluding hydrogens is 206 g/mol. The fraction of sp³-hybridized carbons (Fsp3) is 0.455. The number of aromatic nitrogens is 1. The second-order valence-corrected chi connectivity index (χ2v) is 4.15. The van der Waals surface area contributed by atoms with E-state index in [1.165, 1.54) is 0 Å². The molecule has 0 saturated heterocycles. The number of urea groups is 1. The van der Waals surface area contributed by atoms with Crippen LogP contribution in [0.3, 0.4) is 0 Å². The van der Waals surface area contributed by atoms with E-state index in [-0.39, 0.29) is 12.6 Å². The van der Waals surface area contributed by atoms with Gasteiger partial charge in [0.05, 0.1) is 0 Å². The first-order valence-corrected chi connectivity index (χ1v) is 5.14. The normalized spacial score (nSPS) is 10.9. The number of pyridine rings is 1. The Kier molecular flexibility index (Phi) is 4.25. The molecule has 0 unspecified atom stereocenters. The molecule has 16 heavy (non-hydrogen) atoms. The van der Waals surface area contributed by atoms with E-state index in [2.05, 4.69) is 15.6 Å². The van der Waals surface area contributed by atoms with Crippen molar-refractivity contribution in [3.8, 4) is 0 Å². The number of carbonyl (C=O) groups is 1. The summed E-state index contributed by atoms with van der Waals surface area (Å²) in [5, 5.41) is 14.2. The molecule has 5 nitrogen and oxygen atoms in total. The van der Waals surface area contributed by atoms with Crippen LogP contribution in [0.15, 0.2) is 24.4 Å². The Hall–Kier alpha value is -1.62. The van der Waals surface area contributed by atoms with Crippen molar-refractivity contribution in [2.24, 2.45) is 0 Å². The minimum Gasteiger partial charge on any atom is -0.396 e. The van der Waals surface area contributed by atoms with Gasteiger partial charge in [0.1, 0.15) is 5.82 Å². The van der Waals surface area contributed by atoms with E-state index in [1.807, 2.05) is 13.8 Å². The van der Waals surface area contributed by atoms with Crippen LogP contribution in [0.1, 0.15) is 20.3 Å². The molecule has 1 heterocycles. The summed E-state index contributed by atoms with van der Waals surface area (Å²) in [6, 6.07) is 4.95. The van der Waals surface area contributed by atoms with Gasteiger partial charge in [-0.05, 0) is 32.4 Å². The van der Waals surface area contributed by atoms with Crippen molar-refractivity contribution < 1.29 is 9.90 Å². The SMILES string of the molecule is CC(C)(CCO)NC(=O)Nc1ccccn1. The van der Waals surface area contributed by atoms with E-state index in [0.717, 1.165) is 0 Å². The molecule has 1 rings (SSSR count). The van der Waals surface area contributed by atoms with Crippen LogP contribution in [-0.2, 0) is 0 Å². The molecule has 0 aromatic carbocycles. The van der Waals surface area contributed by atoms with Gasteiger partial charge in [-0.15, -0.1) is 0 Å². The highest BCUT2D eigenvalue weighted by molar-refractivity contribution is 5.88. The van der Waals surface area contributed by atoms with E-state index in [0.29, 0.717) is 12.2 Å². The molecule has 3 N–H and O–H groups in total. The third-order valence-corrected chi connectivity index (χ3v) is 2.10. The second-order valence-electron chi connectivity index (χ2n) is 4.15. The van der Waals surface area contributed by atoms with Crippen LogP contribution in [0.2, 0.25) is 0 Å². The van der Waals surface area contributed by atoms with Crippen LogP contribution in [0.4, 0.5) is 10.6 Å². The third-order valence-electron chi connectivity index (χ3n) is 2.10. The zero-order valence-electron chi connectivity index (χ0n) is 9.53. The van der Waals surface area contributed by atoms with Gasteiger partial charge in [0, 0.05) is 18.3 Å². The molecular formula is C11H17N3O2. The molecule has 0 saturated carbocycles. The maximum absolute atomic E-state index is 11.6. The maximum Gasteiger partial charge on any atom is 0.320 e. The van der Waals surface area contributed by atoms with E-state index >= 15 is 0 Å². The van der Waals surface area contributed by atoms with Gasteiger partial charge in [0.15, 0.2) is 0 Å². The Morgan fingerprint density at radius 1 is 1.50 bits per heavy atom.